The summed E-state index contributed by atoms with van der Waals surface area (Å²) in [6, 6.07) is 10.4. The van der Waals surface area contributed by atoms with Crippen LogP contribution in [-0.2, 0) is 9.53 Å². The number of hydrogen-bond acceptors (Lipinski definition) is 4. The van der Waals surface area contributed by atoms with E-state index in [4.69, 9.17) is 10.5 Å². The Hall–Kier alpha value is -1.04. The Kier molecular flexibility index (Phi) is 6.54. The van der Waals surface area contributed by atoms with Crippen molar-refractivity contribution < 1.29 is 9.53 Å². The van der Waals surface area contributed by atoms with Crippen LogP contribution in [0.3, 0.4) is 0 Å². The average molecular weight is 308 g/mol. The Balaban J connectivity index is 1.74. The molecule has 2 unspecified atom stereocenters. The third-order valence-corrected chi connectivity index (χ3v) is 5.11. The molecule has 0 saturated carbocycles. The number of likely N-dealkylation sites (tertiary alicyclic amines) is 1. The average Bonchev–Trinajstić information content (AvgIpc) is 3.00. The number of nitrogens with two attached hydrogens (primary N) is 1. The predicted octanol–water partition coefficient (Wildman–Crippen LogP) is 1.99. The largest absolute Gasteiger partial charge is 0.380 e. The van der Waals surface area contributed by atoms with Crippen molar-refractivity contribution in [3.05, 3.63) is 30.3 Å². The van der Waals surface area contributed by atoms with Gasteiger partial charge in [0.2, 0.25) is 5.91 Å². The van der Waals surface area contributed by atoms with Gasteiger partial charge in [0.15, 0.2) is 0 Å². The van der Waals surface area contributed by atoms with Crippen molar-refractivity contribution in [2.24, 2.45) is 11.7 Å². The topological polar surface area (TPSA) is 55.6 Å². The first kappa shape index (κ1) is 16.3. The lowest BCUT2D eigenvalue weighted by Crippen LogP contribution is -2.34. The van der Waals surface area contributed by atoms with Crippen molar-refractivity contribution in [2.75, 3.05) is 32.5 Å². The van der Waals surface area contributed by atoms with E-state index in [-0.39, 0.29) is 12.0 Å². The number of hydrogen-bond donors (Lipinski definition) is 1. The van der Waals surface area contributed by atoms with Gasteiger partial charge in [-0.05, 0) is 24.5 Å². The summed E-state index contributed by atoms with van der Waals surface area (Å²) >= 11 is 1.87. The van der Waals surface area contributed by atoms with Crippen LogP contribution in [0.2, 0.25) is 0 Å². The van der Waals surface area contributed by atoms with Gasteiger partial charge in [-0.3, -0.25) is 4.79 Å². The minimum atomic E-state index is -0.157. The summed E-state index contributed by atoms with van der Waals surface area (Å²) in [5.74, 6) is 1.82. The summed E-state index contributed by atoms with van der Waals surface area (Å²) in [5.41, 5.74) is 5.57. The van der Waals surface area contributed by atoms with Crippen LogP contribution >= 0.6 is 11.8 Å². The van der Waals surface area contributed by atoms with Gasteiger partial charge in [-0.1, -0.05) is 18.2 Å². The molecule has 1 aromatic rings. The van der Waals surface area contributed by atoms with Crippen LogP contribution in [0.1, 0.15) is 12.8 Å². The molecule has 1 saturated heterocycles. The first-order chi connectivity index (χ1) is 10.2. The van der Waals surface area contributed by atoms with Crippen molar-refractivity contribution in [1.82, 2.24) is 4.90 Å². The first-order valence-electron chi connectivity index (χ1n) is 7.41. The number of rotatable bonds is 7. The summed E-state index contributed by atoms with van der Waals surface area (Å²) in [7, 11) is 1.61. The van der Waals surface area contributed by atoms with E-state index in [0.29, 0.717) is 18.9 Å². The van der Waals surface area contributed by atoms with E-state index in [0.717, 1.165) is 25.3 Å². The minimum Gasteiger partial charge on any atom is -0.380 e. The molecule has 2 N–H and O–H groups in total. The van der Waals surface area contributed by atoms with Crippen molar-refractivity contribution in [3.8, 4) is 0 Å². The molecule has 1 aromatic carbocycles. The summed E-state index contributed by atoms with van der Waals surface area (Å²) in [6.45, 7) is 2.11. The molecular formula is C16H24N2O2S. The Labute approximate surface area is 131 Å². The Morgan fingerprint density at radius 3 is 2.90 bits per heavy atom. The lowest BCUT2D eigenvalue weighted by atomic mass is 10.2. The third kappa shape index (κ3) is 5.02. The number of carbonyl (C=O) groups excluding carboxylic acids is 1. The standard InChI is InChI=1S/C16H24N2O2S/c1-20-14(10-17)9-16(19)18-8-7-13(11-18)12-21-15-5-3-2-4-6-15/h2-6,13-14H,7-12,17H2,1H3. The number of benzene rings is 1. The molecule has 0 bridgehead atoms. The zero-order valence-electron chi connectivity index (χ0n) is 12.5. The third-order valence-electron chi connectivity index (χ3n) is 3.87. The number of ether oxygens (including phenoxy) is 1. The van der Waals surface area contributed by atoms with Gasteiger partial charge in [-0.15, -0.1) is 11.8 Å². The van der Waals surface area contributed by atoms with Crippen LogP contribution < -0.4 is 5.73 Å². The molecule has 4 nitrogen and oxygen atoms in total. The SMILES string of the molecule is COC(CN)CC(=O)N1CCC(CSc2ccccc2)C1. The van der Waals surface area contributed by atoms with Gasteiger partial charge in [0, 0.05) is 37.4 Å². The monoisotopic (exact) mass is 308 g/mol. The van der Waals surface area contributed by atoms with Crippen LogP contribution in [-0.4, -0.2) is 49.4 Å². The predicted molar refractivity (Wildman–Crippen MR) is 86.3 cm³/mol. The quantitative estimate of drug-likeness (QED) is 0.783. The molecule has 21 heavy (non-hydrogen) atoms. The fourth-order valence-electron chi connectivity index (χ4n) is 2.51. The van der Waals surface area contributed by atoms with Gasteiger partial charge >= 0.3 is 0 Å². The normalized spacial score (nSPS) is 19.7. The van der Waals surface area contributed by atoms with Crippen molar-refractivity contribution >= 4 is 17.7 Å². The Morgan fingerprint density at radius 1 is 1.48 bits per heavy atom. The highest BCUT2D eigenvalue weighted by atomic mass is 32.2. The molecule has 1 amide bonds. The van der Waals surface area contributed by atoms with Crippen LogP contribution in [0.5, 0.6) is 0 Å². The number of methoxy groups -OCH3 is 1. The highest BCUT2D eigenvalue weighted by molar-refractivity contribution is 7.99. The van der Waals surface area contributed by atoms with E-state index >= 15 is 0 Å². The number of nitrogens with zero attached hydrogens (tertiary/aromatic N) is 1. The fraction of sp³-hybridized carbons (Fsp3) is 0.562. The Morgan fingerprint density at radius 2 is 2.24 bits per heavy atom. The van der Waals surface area contributed by atoms with Crippen LogP contribution in [0.4, 0.5) is 0 Å². The fourth-order valence-corrected chi connectivity index (χ4v) is 3.56. The number of amides is 1. The molecule has 5 heteroatoms. The summed E-state index contributed by atoms with van der Waals surface area (Å²) < 4.78 is 5.19. The zero-order chi connectivity index (χ0) is 15.1. The van der Waals surface area contributed by atoms with E-state index in [1.54, 1.807) is 7.11 Å². The molecule has 1 heterocycles. The molecule has 2 atom stereocenters. The van der Waals surface area contributed by atoms with Gasteiger partial charge in [0.25, 0.3) is 0 Å². The summed E-state index contributed by atoms with van der Waals surface area (Å²) in [4.78, 5) is 15.4. The highest BCUT2D eigenvalue weighted by Crippen LogP contribution is 2.26. The molecule has 2 rings (SSSR count). The lowest BCUT2D eigenvalue weighted by molar-refractivity contribution is -0.132. The van der Waals surface area contributed by atoms with Gasteiger partial charge < -0.3 is 15.4 Å². The highest BCUT2D eigenvalue weighted by Gasteiger charge is 2.27. The smallest absolute Gasteiger partial charge is 0.225 e. The van der Waals surface area contributed by atoms with Crippen LogP contribution in [0.25, 0.3) is 0 Å². The summed E-state index contributed by atoms with van der Waals surface area (Å²) in [5, 5.41) is 0. The van der Waals surface area contributed by atoms with Gasteiger partial charge in [-0.2, -0.15) is 0 Å². The maximum Gasteiger partial charge on any atom is 0.225 e. The van der Waals surface area contributed by atoms with Crippen molar-refractivity contribution in [1.29, 1.82) is 0 Å². The number of thioether (sulfide) groups is 1. The maximum atomic E-state index is 12.2. The van der Waals surface area contributed by atoms with E-state index < -0.39 is 0 Å². The van der Waals surface area contributed by atoms with E-state index in [2.05, 4.69) is 24.3 Å². The van der Waals surface area contributed by atoms with Gasteiger partial charge in [0.1, 0.15) is 0 Å². The Bertz CT molecular complexity index is 437. The number of carbonyl (C=O) groups is 1. The first-order valence-corrected chi connectivity index (χ1v) is 8.40. The van der Waals surface area contributed by atoms with E-state index in [1.807, 2.05) is 22.7 Å². The van der Waals surface area contributed by atoms with Gasteiger partial charge in [-0.25, -0.2) is 0 Å². The second-order valence-electron chi connectivity index (χ2n) is 5.42. The molecule has 0 aromatic heterocycles. The van der Waals surface area contributed by atoms with E-state index in [1.165, 1.54) is 4.90 Å². The van der Waals surface area contributed by atoms with Crippen molar-refractivity contribution in [3.63, 3.8) is 0 Å². The second kappa shape index (κ2) is 8.41. The molecular weight excluding hydrogens is 284 g/mol. The molecule has 1 fully saturated rings. The van der Waals surface area contributed by atoms with E-state index in [9.17, 15) is 4.79 Å². The molecule has 1 aliphatic rings. The molecule has 0 aliphatic carbocycles. The lowest BCUT2D eigenvalue weighted by Gasteiger charge is -2.19. The molecule has 1 aliphatic heterocycles. The summed E-state index contributed by atoms with van der Waals surface area (Å²) in [6.07, 6.45) is 1.33. The molecule has 0 spiro atoms. The zero-order valence-corrected chi connectivity index (χ0v) is 13.3. The molecule has 116 valence electrons. The maximum absolute atomic E-state index is 12.2. The second-order valence-corrected chi connectivity index (χ2v) is 6.51. The van der Waals surface area contributed by atoms with Gasteiger partial charge in [0.05, 0.1) is 12.5 Å². The van der Waals surface area contributed by atoms with Crippen LogP contribution in [0.15, 0.2) is 35.2 Å². The van der Waals surface area contributed by atoms with Crippen molar-refractivity contribution in [2.45, 2.75) is 23.8 Å². The van der Waals surface area contributed by atoms with Crippen LogP contribution in [0, 0.1) is 5.92 Å². The molecule has 0 radical (unpaired) electrons. The minimum absolute atomic E-state index is 0.157.